The second-order valence-electron chi connectivity index (χ2n) is 4.26. The van der Waals surface area contributed by atoms with Crippen molar-refractivity contribution in [3.05, 3.63) is 39.8 Å². The summed E-state index contributed by atoms with van der Waals surface area (Å²) in [5.74, 6) is 0.823. The maximum atomic E-state index is 10.6. The van der Waals surface area contributed by atoms with E-state index in [1.165, 1.54) is 0 Å². The third kappa shape index (κ3) is 3.96. The normalized spacial score (nSPS) is 10.3. The van der Waals surface area contributed by atoms with Gasteiger partial charge in [0.15, 0.2) is 6.61 Å². The topological polar surface area (TPSA) is 74.4 Å². The van der Waals surface area contributed by atoms with Crippen molar-refractivity contribution < 1.29 is 14.3 Å². The van der Waals surface area contributed by atoms with Gasteiger partial charge in [0.05, 0.1) is 15.6 Å². The van der Waals surface area contributed by atoms with Gasteiger partial charge < -0.3 is 15.2 Å². The molecule has 1 aromatic carbocycles. The number of hydrogen-bond acceptors (Lipinski definition) is 5. The second kappa shape index (κ2) is 6.38. The molecule has 0 saturated heterocycles. The number of rotatable bonds is 6. The summed E-state index contributed by atoms with van der Waals surface area (Å²) in [4.78, 5) is 16.1. The van der Waals surface area contributed by atoms with Crippen molar-refractivity contribution in [3.63, 3.8) is 0 Å². The molecule has 0 fully saturated rings. The number of hydrogen-bond donors (Lipinski definition) is 1. The number of benzene rings is 1. The van der Waals surface area contributed by atoms with Crippen LogP contribution in [0.2, 0.25) is 0 Å². The molecular formula is C14H16N2O3S. The molecule has 20 heavy (non-hydrogen) atoms. The number of thiazole rings is 1. The number of aryl methyl sites for hydroxylation is 2. The summed E-state index contributed by atoms with van der Waals surface area (Å²) in [6.45, 7) is 4.33. The number of aromatic nitrogens is 1. The van der Waals surface area contributed by atoms with Crippen molar-refractivity contribution in [2.24, 2.45) is 5.73 Å². The van der Waals surface area contributed by atoms with Crippen LogP contribution in [0.25, 0.3) is 0 Å². The number of ether oxygens (including phenoxy) is 2. The van der Waals surface area contributed by atoms with Crippen LogP contribution < -0.4 is 15.2 Å². The van der Waals surface area contributed by atoms with Gasteiger partial charge in [0.1, 0.15) is 18.1 Å². The minimum absolute atomic E-state index is 0.125. The first-order valence-corrected chi connectivity index (χ1v) is 6.93. The van der Waals surface area contributed by atoms with Crippen LogP contribution in [0.5, 0.6) is 11.5 Å². The molecule has 0 aliphatic rings. The molecule has 1 heterocycles. The van der Waals surface area contributed by atoms with E-state index in [0.29, 0.717) is 12.4 Å². The zero-order chi connectivity index (χ0) is 14.5. The lowest BCUT2D eigenvalue weighted by molar-refractivity contribution is -0.119. The molecule has 0 radical (unpaired) electrons. The molecule has 2 aromatic rings. The quantitative estimate of drug-likeness (QED) is 0.885. The van der Waals surface area contributed by atoms with Crippen molar-refractivity contribution in [2.45, 2.75) is 20.5 Å². The van der Waals surface area contributed by atoms with Gasteiger partial charge in [-0.15, -0.1) is 11.3 Å². The van der Waals surface area contributed by atoms with Gasteiger partial charge in [0.25, 0.3) is 5.91 Å². The number of nitrogens with two attached hydrogens (primary N) is 1. The smallest absolute Gasteiger partial charge is 0.255 e. The Bertz CT molecular complexity index is 593. The predicted molar refractivity (Wildman–Crippen MR) is 77.1 cm³/mol. The summed E-state index contributed by atoms with van der Waals surface area (Å²) in [6.07, 6.45) is 0. The fourth-order valence-corrected chi connectivity index (χ4v) is 2.49. The maximum Gasteiger partial charge on any atom is 0.255 e. The molecule has 1 amide bonds. The molecule has 0 atom stereocenters. The van der Waals surface area contributed by atoms with Gasteiger partial charge in [-0.25, -0.2) is 4.98 Å². The molecule has 2 N–H and O–H groups in total. The van der Waals surface area contributed by atoms with Crippen molar-refractivity contribution >= 4 is 17.2 Å². The fraction of sp³-hybridized carbons (Fsp3) is 0.286. The minimum atomic E-state index is -0.499. The predicted octanol–water partition coefficient (Wildman–Crippen LogP) is 2.20. The van der Waals surface area contributed by atoms with E-state index < -0.39 is 5.91 Å². The molecule has 1 aromatic heterocycles. The van der Waals surface area contributed by atoms with Crippen LogP contribution in [0.4, 0.5) is 0 Å². The van der Waals surface area contributed by atoms with Gasteiger partial charge in [0, 0.05) is 0 Å². The van der Waals surface area contributed by atoms with Crippen molar-refractivity contribution in [3.8, 4) is 11.5 Å². The van der Waals surface area contributed by atoms with Gasteiger partial charge in [-0.3, -0.25) is 4.79 Å². The molecule has 0 unspecified atom stereocenters. The number of amides is 1. The lowest BCUT2D eigenvalue weighted by atomic mass is 10.3. The van der Waals surface area contributed by atoms with Crippen LogP contribution in [0.3, 0.4) is 0 Å². The van der Waals surface area contributed by atoms with E-state index in [0.717, 1.165) is 21.3 Å². The first-order chi connectivity index (χ1) is 9.54. The first-order valence-electron chi connectivity index (χ1n) is 6.11. The Balaban J connectivity index is 1.90. The standard InChI is InChI=1S/C14H16N2O3S/c1-9-13(20-10(2)16-9)7-18-11-3-5-12(6-4-11)19-8-14(15)17/h3-6H,7-8H2,1-2H3,(H2,15,17). The average Bonchev–Trinajstić information content (AvgIpc) is 2.73. The van der Waals surface area contributed by atoms with Crippen molar-refractivity contribution in [1.82, 2.24) is 4.98 Å². The fourth-order valence-electron chi connectivity index (χ4n) is 1.64. The Morgan fingerprint density at radius 3 is 2.30 bits per heavy atom. The number of primary amides is 1. The van der Waals surface area contributed by atoms with E-state index in [1.807, 2.05) is 13.8 Å². The third-order valence-electron chi connectivity index (χ3n) is 2.57. The summed E-state index contributed by atoms with van der Waals surface area (Å²) < 4.78 is 10.9. The Hall–Kier alpha value is -2.08. The zero-order valence-corrected chi connectivity index (χ0v) is 12.2. The molecule has 0 spiro atoms. The van der Waals surface area contributed by atoms with Crippen LogP contribution in [0, 0.1) is 13.8 Å². The Morgan fingerprint density at radius 2 is 1.80 bits per heavy atom. The SMILES string of the molecule is Cc1nc(C)c(COc2ccc(OCC(N)=O)cc2)s1. The van der Waals surface area contributed by atoms with Crippen LogP contribution in [0.15, 0.2) is 24.3 Å². The van der Waals surface area contributed by atoms with Crippen LogP contribution in [-0.2, 0) is 11.4 Å². The highest BCUT2D eigenvalue weighted by atomic mass is 32.1. The molecule has 0 aliphatic heterocycles. The first kappa shape index (κ1) is 14.3. The monoisotopic (exact) mass is 292 g/mol. The van der Waals surface area contributed by atoms with E-state index in [2.05, 4.69) is 4.98 Å². The highest BCUT2D eigenvalue weighted by molar-refractivity contribution is 7.11. The highest BCUT2D eigenvalue weighted by Gasteiger charge is 2.05. The molecule has 5 nitrogen and oxygen atoms in total. The van der Waals surface area contributed by atoms with Gasteiger partial charge in [0.2, 0.25) is 0 Å². The second-order valence-corrected chi connectivity index (χ2v) is 5.54. The molecule has 2 rings (SSSR count). The van der Waals surface area contributed by atoms with Gasteiger partial charge in [-0.1, -0.05) is 0 Å². The largest absolute Gasteiger partial charge is 0.488 e. The summed E-state index contributed by atoms with van der Waals surface area (Å²) >= 11 is 1.64. The van der Waals surface area contributed by atoms with Crippen molar-refractivity contribution in [2.75, 3.05) is 6.61 Å². The molecule has 0 aliphatic carbocycles. The summed E-state index contributed by atoms with van der Waals surface area (Å²) in [6, 6.07) is 7.06. The summed E-state index contributed by atoms with van der Waals surface area (Å²) in [5.41, 5.74) is 6.01. The Kier molecular flexibility index (Phi) is 4.57. The van der Waals surface area contributed by atoms with E-state index in [9.17, 15) is 4.79 Å². The lowest BCUT2D eigenvalue weighted by Crippen LogP contribution is -2.19. The van der Waals surface area contributed by atoms with Crippen LogP contribution in [-0.4, -0.2) is 17.5 Å². The third-order valence-corrected chi connectivity index (χ3v) is 3.62. The maximum absolute atomic E-state index is 10.6. The van der Waals surface area contributed by atoms with Crippen LogP contribution in [0.1, 0.15) is 15.6 Å². The number of carbonyl (C=O) groups excluding carboxylic acids is 1. The molecule has 106 valence electrons. The zero-order valence-electron chi connectivity index (χ0n) is 11.4. The molecule has 6 heteroatoms. The van der Waals surface area contributed by atoms with E-state index >= 15 is 0 Å². The molecule has 0 saturated carbocycles. The van der Waals surface area contributed by atoms with E-state index in [1.54, 1.807) is 35.6 Å². The Morgan fingerprint density at radius 1 is 1.20 bits per heavy atom. The Labute approximate surface area is 121 Å². The van der Waals surface area contributed by atoms with Gasteiger partial charge >= 0.3 is 0 Å². The minimum Gasteiger partial charge on any atom is -0.488 e. The van der Waals surface area contributed by atoms with Gasteiger partial charge in [-0.05, 0) is 38.1 Å². The number of nitrogens with zero attached hydrogens (tertiary/aromatic N) is 1. The summed E-state index contributed by atoms with van der Waals surface area (Å²) in [5, 5.41) is 1.04. The van der Waals surface area contributed by atoms with Crippen LogP contribution >= 0.6 is 11.3 Å². The number of carbonyl (C=O) groups is 1. The summed E-state index contributed by atoms with van der Waals surface area (Å²) in [7, 11) is 0. The average molecular weight is 292 g/mol. The molecular weight excluding hydrogens is 276 g/mol. The lowest BCUT2D eigenvalue weighted by Gasteiger charge is -2.07. The molecule has 0 bridgehead atoms. The van der Waals surface area contributed by atoms with Crippen molar-refractivity contribution in [1.29, 1.82) is 0 Å². The van der Waals surface area contributed by atoms with E-state index in [-0.39, 0.29) is 6.61 Å². The highest BCUT2D eigenvalue weighted by Crippen LogP contribution is 2.22. The van der Waals surface area contributed by atoms with E-state index in [4.69, 9.17) is 15.2 Å². The van der Waals surface area contributed by atoms with Gasteiger partial charge in [-0.2, -0.15) is 0 Å².